The molecule has 84 valence electrons. The summed E-state index contributed by atoms with van der Waals surface area (Å²) in [6, 6.07) is 6.90. The molecule has 1 aromatic carbocycles. The monoisotopic (exact) mass is 229 g/mol. The number of nitrogens with one attached hydrogen (secondary N) is 1. The maximum atomic E-state index is 11.1. The van der Waals surface area contributed by atoms with E-state index in [1.807, 2.05) is 6.07 Å². The number of phenolic OH excluding ortho intramolecular Hbond substituents is 1. The van der Waals surface area contributed by atoms with E-state index in [-0.39, 0.29) is 11.5 Å². The highest BCUT2D eigenvalue weighted by Crippen LogP contribution is 2.15. The van der Waals surface area contributed by atoms with Crippen molar-refractivity contribution in [1.82, 2.24) is 4.72 Å². The van der Waals surface area contributed by atoms with Crippen LogP contribution in [-0.2, 0) is 16.4 Å². The molecule has 0 unspecified atom stereocenters. The highest BCUT2D eigenvalue weighted by Gasteiger charge is 2.06. The molecule has 0 amide bonds. The Morgan fingerprint density at radius 3 is 2.60 bits per heavy atom. The maximum absolute atomic E-state index is 11.1. The third-order valence-electron chi connectivity index (χ3n) is 2.09. The Kier molecular flexibility index (Phi) is 4.11. The zero-order chi connectivity index (χ0) is 11.3. The zero-order valence-corrected chi connectivity index (χ0v) is 9.42. The Hall–Kier alpha value is -1.07. The van der Waals surface area contributed by atoms with Crippen LogP contribution in [0.2, 0.25) is 0 Å². The molecule has 0 bridgehead atoms. The van der Waals surface area contributed by atoms with Gasteiger partial charge in [0.1, 0.15) is 5.75 Å². The van der Waals surface area contributed by atoms with Crippen molar-refractivity contribution in [3.63, 3.8) is 0 Å². The Morgan fingerprint density at radius 1 is 1.33 bits per heavy atom. The molecular formula is C10H15NO3S. The first-order chi connectivity index (χ1) is 7.05. The Balaban J connectivity index is 2.49. The van der Waals surface area contributed by atoms with E-state index < -0.39 is 10.0 Å². The van der Waals surface area contributed by atoms with Crippen LogP contribution < -0.4 is 4.72 Å². The molecule has 0 atom stereocenters. The largest absolute Gasteiger partial charge is 0.508 e. The molecule has 4 nitrogen and oxygen atoms in total. The van der Waals surface area contributed by atoms with Gasteiger partial charge in [-0.15, -0.1) is 0 Å². The van der Waals surface area contributed by atoms with Crippen LogP contribution in [-0.4, -0.2) is 25.8 Å². The molecule has 15 heavy (non-hydrogen) atoms. The lowest BCUT2D eigenvalue weighted by Crippen LogP contribution is -2.27. The van der Waals surface area contributed by atoms with E-state index in [1.165, 1.54) is 0 Å². The van der Waals surface area contributed by atoms with Crippen molar-refractivity contribution in [2.75, 3.05) is 12.3 Å². The number of phenols is 1. The van der Waals surface area contributed by atoms with E-state index in [0.717, 1.165) is 5.56 Å². The van der Waals surface area contributed by atoms with E-state index in [9.17, 15) is 13.5 Å². The van der Waals surface area contributed by atoms with Gasteiger partial charge >= 0.3 is 0 Å². The molecule has 2 N–H and O–H groups in total. The Labute approximate surface area is 90.0 Å². The van der Waals surface area contributed by atoms with E-state index in [0.29, 0.717) is 13.0 Å². The molecule has 0 saturated heterocycles. The Bertz CT molecular complexity index is 414. The first-order valence-corrected chi connectivity index (χ1v) is 6.44. The van der Waals surface area contributed by atoms with Crippen LogP contribution in [0.25, 0.3) is 0 Å². The number of hydrogen-bond acceptors (Lipinski definition) is 3. The van der Waals surface area contributed by atoms with Gasteiger partial charge in [0.25, 0.3) is 0 Å². The molecule has 0 radical (unpaired) electrons. The molecule has 0 aliphatic rings. The lowest BCUT2D eigenvalue weighted by molar-refractivity contribution is 0.467. The van der Waals surface area contributed by atoms with Crippen LogP contribution in [0.4, 0.5) is 0 Å². The van der Waals surface area contributed by atoms with Gasteiger partial charge in [-0.2, -0.15) is 0 Å². The van der Waals surface area contributed by atoms with Crippen LogP contribution in [0.3, 0.4) is 0 Å². The number of para-hydroxylation sites is 1. The van der Waals surface area contributed by atoms with Crippen molar-refractivity contribution in [3.05, 3.63) is 29.8 Å². The number of rotatable bonds is 5. The molecular weight excluding hydrogens is 214 g/mol. The van der Waals surface area contributed by atoms with Crippen molar-refractivity contribution >= 4 is 10.0 Å². The molecule has 0 aliphatic carbocycles. The van der Waals surface area contributed by atoms with Crippen molar-refractivity contribution in [1.29, 1.82) is 0 Å². The minimum Gasteiger partial charge on any atom is -0.508 e. The maximum Gasteiger partial charge on any atom is 0.211 e. The molecule has 0 fully saturated rings. The fourth-order valence-corrected chi connectivity index (χ4v) is 1.78. The number of hydrogen-bond donors (Lipinski definition) is 2. The van der Waals surface area contributed by atoms with Crippen LogP contribution in [0.5, 0.6) is 5.75 Å². The molecule has 1 rings (SSSR count). The van der Waals surface area contributed by atoms with Gasteiger partial charge in [0.2, 0.25) is 10.0 Å². The standard InChI is InChI=1S/C10H15NO3S/c1-2-15(13,14)11-8-7-9-5-3-4-6-10(9)12/h3-6,11-12H,2,7-8H2,1H3. The first kappa shape index (κ1) is 12.0. The molecule has 5 heteroatoms. The highest BCUT2D eigenvalue weighted by molar-refractivity contribution is 7.89. The van der Waals surface area contributed by atoms with E-state index in [1.54, 1.807) is 25.1 Å². The minimum absolute atomic E-state index is 0.0772. The van der Waals surface area contributed by atoms with Crippen LogP contribution in [0.1, 0.15) is 12.5 Å². The summed E-state index contributed by atoms with van der Waals surface area (Å²) in [6.07, 6.45) is 0.492. The average molecular weight is 229 g/mol. The third kappa shape index (κ3) is 3.89. The van der Waals surface area contributed by atoms with Gasteiger partial charge in [-0.25, -0.2) is 13.1 Å². The molecule has 0 aromatic heterocycles. The molecule has 1 aromatic rings. The van der Waals surface area contributed by atoms with Crippen molar-refractivity contribution in [2.45, 2.75) is 13.3 Å². The van der Waals surface area contributed by atoms with Gasteiger partial charge in [0.15, 0.2) is 0 Å². The summed E-state index contributed by atoms with van der Waals surface area (Å²) in [7, 11) is -3.13. The van der Waals surface area contributed by atoms with E-state index >= 15 is 0 Å². The van der Waals surface area contributed by atoms with Crippen LogP contribution in [0.15, 0.2) is 24.3 Å². The zero-order valence-electron chi connectivity index (χ0n) is 8.60. The summed E-state index contributed by atoms with van der Waals surface area (Å²) < 4.78 is 24.6. The second-order valence-corrected chi connectivity index (χ2v) is 5.27. The van der Waals surface area contributed by atoms with Crippen molar-refractivity contribution in [3.8, 4) is 5.75 Å². The fourth-order valence-electron chi connectivity index (χ4n) is 1.17. The van der Waals surface area contributed by atoms with E-state index in [4.69, 9.17) is 0 Å². The summed E-state index contributed by atoms with van der Waals surface area (Å²) in [4.78, 5) is 0. The topological polar surface area (TPSA) is 66.4 Å². The molecule has 0 saturated carbocycles. The quantitative estimate of drug-likeness (QED) is 0.787. The van der Waals surface area contributed by atoms with Crippen LogP contribution >= 0.6 is 0 Å². The molecule has 0 spiro atoms. The van der Waals surface area contributed by atoms with Crippen molar-refractivity contribution < 1.29 is 13.5 Å². The summed E-state index contributed by atoms with van der Waals surface area (Å²) in [5.41, 5.74) is 0.747. The lowest BCUT2D eigenvalue weighted by atomic mass is 10.1. The SMILES string of the molecule is CCS(=O)(=O)NCCc1ccccc1O. The highest BCUT2D eigenvalue weighted by atomic mass is 32.2. The smallest absolute Gasteiger partial charge is 0.211 e. The summed E-state index contributed by atoms with van der Waals surface area (Å²) >= 11 is 0. The first-order valence-electron chi connectivity index (χ1n) is 4.79. The second kappa shape index (κ2) is 5.14. The van der Waals surface area contributed by atoms with Crippen molar-refractivity contribution in [2.24, 2.45) is 0 Å². The predicted molar refractivity (Wildman–Crippen MR) is 59.3 cm³/mol. The summed E-state index contributed by atoms with van der Waals surface area (Å²) in [5.74, 6) is 0.279. The fraction of sp³-hybridized carbons (Fsp3) is 0.400. The van der Waals surface area contributed by atoms with Gasteiger partial charge in [0.05, 0.1) is 5.75 Å². The van der Waals surface area contributed by atoms with Gasteiger partial charge in [0, 0.05) is 6.54 Å². The van der Waals surface area contributed by atoms with Gasteiger partial charge < -0.3 is 5.11 Å². The Morgan fingerprint density at radius 2 is 2.00 bits per heavy atom. The number of sulfonamides is 1. The summed E-state index contributed by atoms with van der Waals surface area (Å²) in [5, 5.41) is 9.42. The lowest BCUT2D eigenvalue weighted by Gasteiger charge is -2.05. The molecule has 0 heterocycles. The van der Waals surface area contributed by atoms with E-state index in [2.05, 4.69) is 4.72 Å². The molecule has 0 aliphatic heterocycles. The third-order valence-corrected chi connectivity index (χ3v) is 3.49. The summed E-state index contributed by atoms with van der Waals surface area (Å²) in [6.45, 7) is 1.90. The predicted octanol–water partition coefficient (Wildman–Crippen LogP) is 0.874. The normalized spacial score (nSPS) is 11.5. The van der Waals surface area contributed by atoms with Gasteiger partial charge in [-0.3, -0.25) is 0 Å². The average Bonchev–Trinajstić information content (AvgIpc) is 2.21. The number of benzene rings is 1. The van der Waals surface area contributed by atoms with Crippen LogP contribution in [0, 0.1) is 0 Å². The van der Waals surface area contributed by atoms with Gasteiger partial charge in [-0.1, -0.05) is 18.2 Å². The number of aromatic hydroxyl groups is 1. The van der Waals surface area contributed by atoms with Gasteiger partial charge in [-0.05, 0) is 25.0 Å². The minimum atomic E-state index is -3.13. The second-order valence-electron chi connectivity index (χ2n) is 3.18.